The number of amides is 1. The van der Waals surface area contributed by atoms with Gasteiger partial charge in [0.1, 0.15) is 6.54 Å². The van der Waals surface area contributed by atoms with Crippen LogP contribution in [0.4, 0.5) is 0 Å². The van der Waals surface area contributed by atoms with Gasteiger partial charge < -0.3 is 9.64 Å². The number of aryl methyl sites for hydroxylation is 1. The highest BCUT2D eigenvalue weighted by molar-refractivity contribution is 5.94. The number of esters is 1. The number of hydrogen-bond donors (Lipinski definition) is 0. The van der Waals surface area contributed by atoms with Gasteiger partial charge in [-0.3, -0.25) is 9.59 Å². The Hall–Kier alpha value is -2.10. The molecule has 1 aliphatic rings. The van der Waals surface area contributed by atoms with Crippen LogP contribution in [0.25, 0.3) is 6.08 Å². The van der Waals surface area contributed by atoms with Gasteiger partial charge in [-0.2, -0.15) is 0 Å². The van der Waals surface area contributed by atoms with Crippen LogP contribution >= 0.6 is 0 Å². The van der Waals surface area contributed by atoms with E-state index in [-0.39, 0.29) is 24.5 Å². The molecule has 0 unspecified atom stereocenters. The van der Waals surface area contributed by atoms with Crippen molar-refractivity contribution in [2.24, 2.45) is 0 Å². The average molecular weight is 287 g/mol. The molecule has 0 saturated heterocycles. The Bertz CT molecular complexity index is 547. The molecule has 0 N–H and O–H groups in total. The van der Waals surface area contributed by atoms with E-state index in [1.165, 1.54) is 6.08 Å². The summed E-state index contributed by atoms with van der Waals surface area (Å²) in [4.78, 5) is 25.4. The lowest BCUT2D eigenvalue weighted by molar-refractivity contribution is -0.148. The van der Waals surface area contributed by atoms with E-state index in [4.69, 9.17) is 4.74 Å². The minimum absolute atomic E-state index is 0.0372. The molecule has 0 bridgehead atoms. The second kappa shape index (κ2) is 7.07. The molecule has 0 aromatic heterocycles. The molecule has 0 atom stereocenters. The molecule has 1 fully saturated rings. The Balaban J connectivity index is 2.00. The van der Waals surface area contributed by atoms with Crippen LogP contribution in [-0.2, 0) is 14.3 Å². The SMILES string of the molecule is CCOC(=O)CN(C(=O)C=Cc1cccc(C)c1)C1CC1. The third-order valence-electron chi connectivity index (χ3n) is 3.34. The maximum atomic E-state index is 12.3. The summed E-state index contributed by atoms with van der Waals surface area (Å²) in [5.74, 6) is -0.478. The van der Waals surface area contributed by atoms with E-state index in [0.29, 0.717) is 6.61 Å². The fourth-order valence-corrected chi connectivity index (χ4v) is 2.16. The number of hydrogen-bond acceptors (Lipinski definition) is 3. The average Bonchev–Trinajstić information content (AvgIpc) is 3.27. The monoisotopic (exact) mass is 287 g/mol. The van der Waals surface area contributed by atoms with E-state index in [2.05, 4.69) is 0 Å². The van der Waals surface area contributed by atoms with Gasteiger partial charge in [0.15, 0.2) is 0 Å². The second-order valence-corrected chi connectivity index (χ2v) is 5.25. The van der Waals surface area contributed by atoms with Crippen LogP contribution in [0.3, 0.4) is 0 Å². The zero-order chi connectivity index (χ0) is 15.2. The number of benzene rings is 1. The Morgan fingerprint density at radius 3 is 2.76 bits per heavy atom. The van der Waals surface area contributed by atoms with Crippen molar-refractivity contribution >= 4 is 18.0 Å². The summed E-state index contributed by atoms with van der Waals surface area (Å²) in [6.45, 7) is 4.15. The normalized spacial score (nSPS) is 14.2. The third-order valence-corrected chi connectivity index (χ3v) is 3.34. The highest BCUT2D eigenvalue weighted by Gasteiger charge is 2.33. The molecule has 21 heavy (non-hydrogen) atoms. The number of nitrogens with zero attached hydrogens (tertiary/aromatic N) is 1. The van der Waals surface area contributed by atoms with E-state index in [1.54, 1.807) is 17.9 Å². The lowest BCUT2D eigenvalue weighted by Gasteiger charge is -2.19. The first-order valence-electron chi connectivity index (χ1n) is 7.31. The van der Waals surface area contributed by atoms with Crippen molar-refractivity contribution in [3.05, 3.63) is 41.5 Å². The standard InChI is InChI=1S/C17H21NO3/c1-3-21-17(20)12-18(15-8-9-15)16(19)10-7-14-6-4-5-13(2)11-14/h4-7,10-11,15H,3,8-9,12H2,1-2H3. The Kier molecular flexibility index (Phi) is 5.14. The van der Waals surface area contributed by atoms with Crippen LogP contribution in [0, 0.1) is 6.92 Å². The summed E-state index contributed by atoms with van der Waals surface area (Å²) in [6, 6.07) is 8.11. The first-order valence-corrected chi connectivity index (χ1v) is 7.31. The predicted octanol–water partition coefficient (Wildman–Crippen LogP) is 2.56. The van der Waals surface area contributed by atoms with Crippen molar-refractivity contribution in [2.75, 3.05) is 13.2 Å². The lowest BCUT2D eigenvalue weighted by Crippen LogP contribution is -2.37. The smallest absolute Gasteiger partial charge is 0.325 e. The van der Waals surface area contributed by atoms with Crippen molar-refractivity contribution in [3.63, 3.8) is 0 Å². The maximum Gasteiger partial charge on any atom is 0.325 e. The highest BCUT2D eigenvalue weighted by Crippen LogP contribution is 2.27. The van der Waals surface area contributed by atoms with Crippen LogP contribution < -0.4 is 0 Å². The molecule has 2 rings (SSSR count). The second-order valence-electron chi connectivity index (χ2n) is 5.25. The summed E-state index contributed by atoms with van der Waals surface area (Å²) in [7, 11) is 0. The van der Waals surface area contributed by atoms with Crippen molar-refractivity contribution in [3.8, 4) is 0 Å². The molecule has 0 radical (unpaired) electrons. The van der Waals surface area contributed by atoms with Gasteiger partial charge in [-0.1, -0.05) is 29.8 Å². The zero-order valence-electron chi connectivity index (χ0n) is 12.5. The van der Waals surface area contributed by atoms with Gasteiger partial charge in [0.2, 0.25) is 5.91 Å². The summed E-state index contributed by atoms with van der Waals surface area (Å²) in [5.41, 5.74) is 2.13. The molecule has 0 spiro atoms. The Labute approximate surface area is 125 Å². The molecule has 0 heterocycles. The van der Waals surface area contributed by atoms with Gasteiger partial charge in [-0.25, -0.2) is 0 Å². The van der Waals surface area contributed by atoms with E-state index in [0.717, 1.165) is 24.0 Å². The summed E-state index contributed by atoms with van der Waals surface area (Å²) in [5, 5.41) is 0. The van der Waals surface area contributed by atoms with Crippen molar-refractivity contribution < 1.29 is 14.3 Å². The summed E-state index contributed by atoms with van der Waals surface area (Å²) in [6.07, 6.45) is 5.25. The molecule has 1 amide bonds. The van der Waals surface area contributed by atoms with Gasteiger partial charge in [-0.05, 0) is 38.3 Å². The topological polar surface area (TPSA) is 46.6 Å². The molecule has 4 heteroatoms. The largest absolute Gasteiger partial charge is 0.465 e. The number of carbonyl (C=O) groups is 2. The molecule has 1 aromatic carbocycles. The zero-order valence-corrected chi connectivity index (χ0v) is 12.5. The first kappa shape index (κ1) is 15.3. The number of ether oxygens (including phenoxy) is 1. The van der Waals surface area contributed by atoms with Gasteiger partial charge in [0.25, 0.3) is 0 Å². The molecular weight excluding hydrogens is 266 g/mol. The maximum absolute atomic E-state index is 12.3. The van der Waals surface area contributed by atoms with Gasteiger partial charge in [-0.15, -0.1) is 0 Å². The van der Waals surface area contributed by atoms with Gasteiger partial charge >= 0.3 is 5.97 Å². The van der Waals surface area contributed by atoms with Gasteiger partial charge in [0, 0.05) is 12.1 Å². The van der Waals surface area contributed by atoms with Crippen LogP contribution in [0.5, 0.6) is 0 Å². The third kappa shape index (κ3) is 4.74. The van der Waals surface area contributed by atoms with Crippen molar-refractivity contribution in [1.82, 2.24) is 4.90 Å². The summed E-state index contributed by atoms with van der Waals surface area (Å²) < 4.78 is 4.92. The quantitative estimate of drug-likeness (QED) is 0.597. The van der Waals surface area contributed by atoms with Crippen molar-refractivity contribution in [2.45, 2.75) is 32.7 Å². The van der Waals surface area contributed by atoms with Crippen LogP contribution in [0.2, 0.25) is 0 Å². The Morgan fingerprint density at radius 2 is 2.14 bits per heavy atom. The minimum atomic E-state index is -0.346. The molecule has 1 saturated carbocycles. The molecule has 112 valence electrons. The van der Waals surface area contributed by atoms with E-state index in [9.17, 15) is 9.59 Å². The van der Waals surface area contributed by atoms with Crippen molar-refractivity contribution in [1.29, 1.82) is 0 Å². The molecule has 4 nitrogen and oxygen atoms in total. The van der Waals surface area contributed by atoms with Crippen LogP contribution in [0.1, 0.15) is 30.9 Å². The fourth-order valence-electron chi connectivity index (χ4n) is 2.16. The summed E-state index contributed by atoms with van der Waals surface area (Å²) >= 11 is 0. The highest BCUT2D eigenvalue weighted by atomic mass is 16.5. The molecule has 0 aliphatic heterocycles. The predicted molar refractivity (Wildman–Crippen MR) is 81.6 cm³/mol. The fraction of sp³-hybridized carbons (Fsp3) is 0.412. The van der Waals surface area contributed by atoms with E-state index < -0.39 is 0 Å². The first-order chi connectivity index (χ1) is 10.1. The van der Waals surface area contributed by atoms with Gasteiger partial charge in [0.05, 0.1) is 6.61 Å². The number of rotatable bonds is 6. The molecule has 1 aliphatic carbocycles. The Morgan fingerprint density at radius 1 is 1.38 bits per heavy atom. The van der Waals surface area contributed by atoms with Crippen LogP contribution in [-0.4, -0.2) is 36.0 Å². The van der Waals surface area contributed by atoms with E-state index >= 15 is 0 Å². The van der Waals surface area contributed by atoms with Crippen LogP contribution in [0.15, 0.2) is 30.3 Å². The molecular formula is C17H21NO3. The number of carbonyl (C=O) groups excluding carboxylic acids is 2. The molecule has 1 aromatic rings. The minimum Gasteiger partial charge on any atom is -0.465 e. The van der Waals surface area contributed by atoms with E-state index in [1.807, 2.05) is 31.2 Å². The lowest BCUT2D eigenvalue weighted by atomic mass is 10.1.